The molecule has 2 aliphatic heterocycles. The molecule has 2 aromatic heterocycles. The first-order valence-corrected chi connectivity index (χ1v) is 21.5. The Morgan fingerprint density at radius 3 is 1.57 bits per heavy atom. The number of hydrogen-bond donors (Lipinski definition) is 5. The number of rotatable bonds is 11. The Hall–Kier alpha value is -5.60. The first-order valence-electron chi connectivity index (χ1n) is 20.7. The van der Waals surface area contributed by atoms with E-state index in [-0.39, 0.29) is 47.8 Å². The molecule has 0 bridgehead atoms. The summed E-state index contributed by atoms with van der Waals surface area (Å²) in [6, 6.07) is 17.8. The molecule has 4 heterocycles. The average Bonchev–Trinajstić information content (AvgIpc) is 4.02. The number of carbonyl (C=O) groups is 4. The van der Waals surface area contributed by atoms with Gasteiger partial charge in [0.25, 0.3) is 0 Å². The number of H-pyrrole nitrogens is 2. The second-order valence-electron chi connectivity index (χ2n) is 16.8. The number of fused-ring (bicyclic) bond motifs is 1. The minimum Gasteiger partial charge on any atom is -0.465 e. The Kier molecular flexibility index (Phi) is 12.7. The molecule has 5 aromatic rings. The number of imidazole rings is 2. The number of amides is 4. The van der Waals surface area contributed by atoms with Crippen LogP contribution in [0.2, 0.25) is 10.3 Å². The molecule has 3 aromatic carbocycles. The Morgan fingerprint density at radius 2 is 1.10 bits per heavy atom. The van der Waals surface area contributed by atoms with Gasteiger partial charge in [-0.2, -0.15) is 0 Å². The highest BCUT2D eigenvalue weighted by atomic mass is 35.5. The zero-order valence-corrected chi connectivity index (χ0v) is 36.8. The van der Waals surface area contributed by atoms with Gasteiger partial charge in [0.05, 0.1) is 19.2 Å². The van der Waals surface area contributed by atoms with Gasteiger partial charge in [-0.3, -0.25) is 9.59 Å². The summed E-state index contributed by atoms with van der Waals surface area (Å²) in [5, 5.41) is 17.3. The van der Waals surface area contributed by atoms with E-state index in [9.17, 15) is 24.3 Å². The molecule has 14 nitrogen and oxygen atoms in total. The van der Waals surface area contributed by atoms with Gasteiger partial charge >= 0.3 is 12.2 Å². The monoisotopic (exact) mass is 870 g/mol. The van der Waals surface area contributed by atoms with Gasteiger partial charge in [-0.05, 0) is 85.4 Å². The van der Waals surface area contributed by atoms with Crippen molar-refractivity contribution in [1.82, 2.24) is 40.4 Å². The number of ether oxygens (including phenoxy) is 1. The van der Waals surface area contributed by atoms with Crippen molar-refractivity contribution in [3.8, 4) is 33.6 Å². The van der Waals surface area contributed by atoms with E-state index in [4.69, 9.17) is 37.9 Å². The highest BCUT2D eigenvalue weighted by molar-refractivity contribution is 6.32. The molecule has 7 rings (SSSR count). The Balaban J connectivity index is 1.08. The number of aromatic amines is 2. The lowest BCUT2D eigenvalue weighted by Crippen LogP contribution is -2.52. The van der Waals surface area contributed by atoms with E-state index < -0.39 is 24.3 Å². The second kappa shape index (κ2) is 17.8. The molecular weight excluding hydrogens is 819 g/mol. The first kappa shape index (κ1) is 43.5. The smallest absolute Gasteiger partial charge is 0.407 e. The fourth-order valence-corrected chi connectivity index (χ4v) is 9.24. The Labute approximate surface area is 364 Å². The quantitative estimate of drug-likeness (QED) is 0.0869. The normalized spacial score (nSPS) is 20.0. The predicted molar refractivity (Wildman–Crippen MR) is 235 cm³/mol. The molecule has 2 aliphatic rings. The van der Waals surface area contributed by atoms with Crippen LogP contribution in [-0.4, -0.2) is 90.1 Å². The number of likely N-dealkylation sites (tertiary alicyclic amines) is 2. The maximum absolute atomic E-state index is 13.9. The van der Waals surface area contributed by atoms with Crippen molar-refractivity contribution in [3.63, 3.8) is 0 Å². The number of carboxylic acid groups (broad SMARTS) is 1. The Morgan fingerprint density at radius 1 is 0.672 bits per heavy atom. The lowest BCUT2D eigenvalue weighted by molar-refractivity contribution is -0.138. The van der Waals surface area contributed by atoms with Gasteiger partial charge in [-0.1, -0.05) is 99.4 Å². The molecule has 5 N–H and O–H groups in total. The molecule has 16 heteroatoms. The summed E-state index contributed by atoms with van der Waals surface area (Å²) in [5.74, 6) is 0.308. The van der Waals surface area contributed by atoms with Gasteiger partial charge in [-0.25, -0.2) is 19.6 Å². The van der Waals surface area contributed by atoms with Gasteiger partial charge in [0.1, 0.15) is 45.4 Å². The Bertz CT molecular complexity index is 2450. The molecule has 6 atom stereocenters. The van der Waals surface area contributed by atoms with E-state index in [1.165, 1.54) is 7.11 Å². The standard InChI is InChI=1S/C45H52Cl2N8O6/c1-22(2)34(50-44(58)59)42(56)54-24(5)8-18-32(54)40-48-36(38(46)52-40)27-12-10-26(11-13-27)28-14-15-30-21-31(17-16-29(30)20-28)37-39(47)53-41(49-37)33-19-9-25(6)55(33)43(57)35(23(3)4)51-45(60)61-7/h10-17,20-25,32-35,50H,8-9,18-19H2,1-7H3,(H,48,52)(H,49,53)(H,51,60)(H,58,59)/t24-,25?,32-,33?,34-,35-/m0/s1. The summed E-state index contributed by atoms with van der Waals surface area (Å²) in [5.41, 5.74) is 4.83. The number of nitrogens with one attached hydrogen (secondary N) is 4. The van der Waals surface area contributed by atoms with Crippen LogP contribution in [0.3, 0.4) is 0 Å². The third kappa shape index (κ3) is 8.78. The van der Waals surface area contributed by atoms with Crippen molar-refractivity contribution < 1.29 is 29.0 Å². The molecule has 0 spiro atoms. The van der Waals surface area contributed by atoms with Crippen LogP contribution in [0.4, 0.5) is 9.59 Å². The average molecular weight is 872 g/mol. The van der Waals surface area contributed by atoms with Gasteiger partial charge in [-0.15, -0.1) is 0 Å². The van der Waals surface area contributed by atoms with Gasteiger partial charge < -0.3 is 40.2 Å². The molecule has 0 radical (unpaired) electrons. The topological polar surface area (TPSA) is 186 Å². The summed E-state index contributed by atoms with van der Waals surface area (Å²) in [6.07, 6.45) is 1.01. The molecule has 322 valence electrons. The minimum atomic E-state index is -1.24. The van der Waals surface area contributed by atoms with Crippen LogP contribution in [0.15, 0.2) is 60.7 Å². The second-order valence-corrected chi connectivity index (χ2v) is 17.6. The molecule has 2 saturated heterocycles. The zero-order chi connectivity index (χ0) is 43.9. The lowest BCUT2D eigenvalue weighted by atomic mass is 9.98. The largest absolute Gasteiger partial charge is 0.465 e. The van der Waals surface area contributed by atoms with Crippen molar-refractivity contribution in [2.45, 2.75) is 103 Å². The summed E-state index contributed by atoms with van der Waals surface area (Å²) in [7, 11) is 1.28. The van der Waals surface area contributed by atoms with Crippen molar-refractivity contribution >= 4 is 58.0 Å². The maximum atomic E-state index is 13.9. The number of benzene rings is 3. The van der Waals surface area contributed by atoms with Gasteiger partial charge in [0.2, 0.25) is 11.8 Å². The predicted octanol–water partition coefficient (Wildman–Crippen LogP) is 9.37. The van der Waals surface area contributed by atoms with Gasteiger partial charge in [0.15, 0.2) is 0 Å². The number of alkyl carbamates (subject to hydrolysis) is 1. The third-order valence-corrected chi connectivity index (χ3v) is 12.6. The molecule has 0 aliphatic carbocycles. The van der Waals surface area contributed by atoms with E-state index in [1.54, 1.807) is 9.80 Å². The fourth-order valence-electron chi connectivity index (χ4n) is 8.74. The first-order chi connectivity index (χ1) is 29.1. The SMILES string of the molecule is COC(=O)N[C@H](C(=O)N1C(C)CCC1c1nc(-c2ccc3cc(-c4ccc(-c5nc([C@@H]6CC[C@H](C)N6C(=O)[C@@H](NC(=O)O)C(C)C)[nH]c5Cl)cc4)ccc3c2)c(Cl)[nH]1)C(C)C. The molecular formula is C45H52Cl2N8O6. The van der Waals surface area contributed by atoms with Gasteiger partial charge in [0, 0.05) is 23.2 Å². The van der Waals surface area contributed by atoms with Crippen molar-refractivity contribution in [2.75, 3.05) is 7.11 Å². The summed E-state index contributed by atoms with van der Waals surface area (Å²) in [6.45, 7) is 11.4. The van der Waals surface area contributed by atoms with E-state index in [0.29, 0.717) is 46.2 Å². The molecule has 2 unspecified atom stereocenters. The number of hydrogen-bond acceptors (Lipinski definition) is 7. The number of nitrogens with zero attached hydrogens (tertiary/aromatic N) is 4. The van der Waals surface area contributed by atoms with Crippen molar-refractivity contribution in [3.05, 3.63) is 82.6 Å². The van der Waals surface area contributed by atoms with Crippen LogP contribution >= 0.6 is 23.2 Å². The van der Waals surface area contributed by atoms with E-state index in [2.05, 4.69) is 38.8 Å². The van der Waals surface area contributed by atoms with Crippen molar-refractivity contribution in [2.24, 2.45) is 11.8 Å². The number of aromatic nitrogens is 4. The van der Waals surface area contributed by atoms with Crippen LogP contribution in [0.5, 0.6) is 0 Å². The van der Waals surface area contributed by atoms with Crippen LogP contribution < -0.4 is 10.6 Å². The van der Waals surface area contributed by atoms with E-state index >= 15 is 0 Å². The zero-order valence-electron chi connectivity index (χ0n) is 35.3. The summed E-state index contributed by atoms with van der Waals surface area (Å²) < 4.78 is 4.79. The van der Waals surface area contributed by atoms with Crippen molar-refractivity contribution in [1.29, 1.82) is 0 Å². The molecule has 4 amide bonds. The van der Waals surface area contributed by atoms with E-state index in [1.807, 2.05) is 84.0 Å². The third-order valence-electron chi connectivity index (χ3n) is 12.0. The van der Waals surface area contributed by atoms with Crippen LogP contribution in [0, 0.1) is 11.8 Å². The summed E-state index contributed by atoms with van der Waals surface area (Å²) >= 11 is 13.5. The molecule has 2 fully saturated rings. The van der Waals surface area contributed by atoms with Crippen LogP contribution in [-0.2, 0) is 14.3 Å². The number of carbonyl (C=O) groups excluding carboxylic acids is 3. The number of halogens is 2. The van der Waals surface area contributed by atoms with E-state index in [0.717, 1.165) is 45.9 Å². The summed E-state index contributed by atoms with van der Waals surface area (Å²) in [4.78, 5) is 70.9. The minimum absolute atomic E-state index is 0.0574. The maximum Gasteiger partial charge on any atom is 0.407 e. The lowest BCUT2D eigenvalue weighted by Gasteiger charge is -2.32. The molecule has 0 saturated carbocycles. The fraction of sp³-hybridized carbons (Fsp3) is 0.422. The highest BCUT2D eigenvalue weighted by Gasteiger charge is 2.43. The molecule has 61 heavy (non-hydrogen) atoms. The highest BCUT2D eigenvalue weighted by Crippen LogP contribution is 2.41. The number of methoxy groups -OCH3 is 1. The van der Waals surface area contributed by atoms with Crippen LogP contribution in [0.25, 0.3) is 44.4 Å². The van der Waals surface area contributed by atoms with Crippen LogP contribution in [0.1, 0.15) is 91.0 Å².